The van der Waals surface area contributed by atoms with Crippen molar-refractivity contribution in [2.75, 3.05) is 24.5 Å². The number of aryl methyl sites for hydroxylation is 1. The quantitative estimate of drug-likeness (QED) is 0.822. The van der Waals surface area contributed by atoms with Gasteiger partial charge in [-0.05, 0) is 37.8 Å². The maximum Gasteiger partial charge on any atom is 0.225 e. The number of nitrogens with two attached hydrogens (primary N) is 1. The zero-order valence-corrected chi connectivity index (χ0v) is 13.0. The van der Waals surface area contributed by atoms with Crippen molar-refractivity contribution in [2.45, 2.75) is 47.0 Å². The van der Waals surface area contributed by atoms with E-state index in [-0.39, 0.29) is 0 Å². The van der Waals surface area contributed by atoms with Crippen molar-refractivity contribution in [3.05, 3.63) is 17.5 Å². The molecule has 1 rings (SSSR count). The molecule has 0 aliphatic carbocycles. The molecular formula is C15H28N4. The van der Waals surface area contributed by atoms with Crippen molar-refractivity contribution in [1.29, 1.82) is 0 Å². The van der Waals surface area contributed by atoms with E-state index in [1.54, 1.807) is 0 Å². The Hall–Kier alpha value is -1.16. The fraction of sp³-hybridized carbons (Fsp3) is 0.733. The standard InChI is InChI=1S/C15H28N4/c1-11(2)10-19(8-6-7-16)15-17-13(5)9-14(18-15)12(3)4/h9,11-12H,6-8,10,16H2,1-5H3. The number of rotatable bonds is 7. The Bertz CT molecular complexity index is 388. The van der Waals surface area contributed by atoms with Gasteiger partial charge in [0.05, 0.1) is 0 Å². The second kappa shape index (κ2) is 7.43. The van der Waals surface area contributed by atoms with Crippen LogP contribution in [0.25, 0.3) is 0 Å². The molecule has 2 N–H and O–H groups in total. The number of hydrogen-bond donors (Lipinski definition) is 1. The van der Waals surface area contributed by atoms with Crippen molar-refractivity contribution >= 4 is 5.95 Å². The molecule has 0 fully saturated rings. The first-order valence-electron chi connectivity index (χ1n) is 7.24. The van der Waals surface area contributed by atoms with Gasteiger partial charge in [-0.15, -0.1) is 0 Å². The summed E-state index contributed by atoms with van der Waals surface area (Å²) in [4.78, 5) is 11.6. The van der Waals surface area contributed by atoms with Crippen LogP contribution in [0.5, 0.6) is 0 Å². The highest BCUT2D eigenvalue weighted by Crippen LogP contribution is 2.18. The van der Waals surface area contributed by atoms with E-state index in [2.05, 4.69) is 43.6 Å². The van der Waals surface area contributed by atoms with E-state index in [4.69, 9.17) is 10.7 Å². The zero-order valence-electron chi connectivity index (χ0n) is 13.0. The third-order valence-corrected chi connectivity index (χ3v) is 2.95. The van der Waals surface area contributed by atoms with E-state index in [1.165, 1.54) is 0 Å². The van der Waals surface area contributed by atoms with Gasteiger partial charge in [-0.2, -0.15) is 0 Å². The highest BCUT2D eigenvalue weighted by Gasteiger charge is 2.13. The maximum absolute atomic E-state index is 5.63. The predicted octanol–water partition coefficient (Wildman–Crippen LogP) is 2.72. The molecule has 0 aromatic carbocycles. The van der Waals surface area contributed by atoms with Gasteiger partial charge in [0, 0.05) is 24.5 Å². The van der Waals surface area contributed by atoms with Crippen LogP contribution in [0.1, 0.15) is 51.4 Å². The predicted molar refractivity (Wildman–Crippen MR) is 81.6 cm³/mol. The van der Waals surface area contributed by atoms with Crippen LogP contribution in [0.3, 0.4) is 0 Å². The Morgan fingerprint density at radius 3 is 2.42 bits per heavy atom. The monoisotopic (exact) mass is 264 g/mol. The average Bonchev–Trinajstić information content (AvgIpc) is 2.33. The second-order valence-electron chi connectivity index (χ2n) is 5.87. The Balaban J connectivity index is 2.99. The molecule has 0 atom stereocenters. The van der Waals surface area contributed by atoms with E-state index in [1.807, 2.05) is 6.92 Å². The van der Waals surface area contributed by atoms with Crippen LogP contribution in [-0.2, 0) is 0 Å². The topological polar surface area (TPSA) is 55.0 Å². The molecule has 0 aliphatic rings. The van der Waals surface area contributed by atoms with Gasteiger partial charge in [-0.1, -0.05) is 27.7 Å². The molecule has 1 aromatic heterocycles. The minimum Gasteiger partial charge on any atom is -0.341 e. The lowest BCUT2D eigenvalue weighted by atomic mass is 10.1. The third kappa shape index (κ3) is 5.15. The Morgan fingerprint density at radius 1 is 1.21 bits per heavy atom. The van der Waals surface area contributed by atoms with Crippen LogP contribution < -0.4 is 10.6 Å². The zero-order chi connectivity index (χ0) is 14.4. The maximum atomic E-state index is 5.63. The van der Waals surface area contributed by atoms with Crippen LogP contribution in [0.15, 0.2) is 6.07 Å². The first-order chi connectivity index (χ1) is 8.93. The highest BCUT2D eigenvalue weighted by molar-refractivity contribution is 5.33. The van der Waals surface area contributed by atoms with Crippen molar-refractivity contribution in [2.24, 2.45) is 11.7 Å². The first kappa shape index (κ1) is 15.9. The smallest absolute Gasteiger partial charge is 0.225 e. The number of aromatic nitrogens is 2. The minimum atomic E-state index is 0.427. The van der Waals surface area contributed by atoms with Crippen molar-refractivity contribution in [1.82, 2.24) is 9.97 Å². The van der Waals surface area contributed by atoms with Gasteiger partial charge in [-0.25, -0.2) is 9.97 Å². The van der Waals surface area contributed by atoms with Gasteiger partial charge in [0.2, 0.25) is 5.95 Å². The van der Waals surface area contributed by atoms with E-state index in [0.29, 0.717) is 18.4 Å². The molecule has 19 heavy (non-hydrogen) atoms. The number of anilines is 1. The molecule has 108 valence electrons. The average molecular weight is 264 g/mol. The van der Waals surface area contributed by atoms with E-state index in [0.717, 1.165) is 36.8 Å². The summed E-state index contributed by atoms with van der Waals surface area (Å²) < 4.78 is 0. The highest BCUT2D eigenvalue weighted by atomic mass is 15.2. The molecule has 0 amide bonds. The van der Waals surface area contributed by atoms with E-state index in [9.17, 15) is 0 Å². The molecule has 0 saturated carbocycles. The summed E-state index contributed by atoms with van der Waals surface area (Å²) in [6, 6.07) is 2.07. The second-order valence-corrected chi connectivity index (χ2v) is 5.87. The number of hydrogen-bond acceptors (Lipinski definition) is 4. The molecule has 0 aliphatic heterocycles. The molecule has 0 unspecified atom stereocenters. The summed E-state index contributed by atoms with van der Waals surface area (Å²) in [6.45, 7) is 13.4. The molecule has 0 spiro atoms. The molecule has 1 heterocycles. The molecule has 0 radical (unpaired) electrons. The van der Waals surface area contributed by atoms with Crippen LogP contribution in [-0.4, -0.2) is 29.6 Å². The lowest BCUT2D eigenvalue weighted by Crippen LogP contribution is -2.32. The van der Waals surface area contributed by atoms with Gasteiger partial charge < -0.3 is 10.6 Å². The molecule has 4 heteroatoms. The van der Waals surface area contributed by atoms with Gasteiger partial charge in [0.15, 0.2) is 0 Å². The SMILES string of the molecule is Cc1cc(C(C)C)nc(N(CCCN)CC(C)C)n1. The largest absolute Gasteiger partial charge is 0.341 e. The third-order valence-electron chi connectivity index (χ3n) is 2.95. The molecule has 0 bridgehead atoms. The summed E-state index contributed by atoms with van der Waals surface area (Å²) in [6.07, 6.45) is 0.973. The summed E-state index contributed by atoms with van der Waals surface area (Å²) in [5.74, 6) is 1.87. The van der Waals surface area contributed by atoms with Gasteiger partial charge in [-0.3, -0.25) is 0 Å². The van der Waals surface area contributed by atoms with Crippen LogP contribution in [0.4, 0.5) is 5.95 Å². The molecule has 0 saturated heterocycles. The van der Waals surface area contributed by atoms with Gasteiger partial charge >= 0.3 is 0 Å². The van der Waals surface area contributed by atoms with Crippen LogP contribution in [0, 0.1) is 12.8 Å². The lowest BCUT2D eigenvalue weighted by Gasteiger charge is -2.25. The number of nitrogens with zero attached hydrogens (tertiary/aromatic N) is 3. The Kier molecular flexibility index (Phi) is 6.22. The van der Waals surface area contributed by atoms with E-state index < -0.39 is 0 Å². The Labute approximate surface area is 117 Å². The van der Waals surface area contributed by atoms with Crippen molar-refractivity contribution in [3.8, 4) is 0 Å². The normalized spacial score (nSPS) is 11.4. The lowest BCUT2D eigenvalue weighted by molar-refractivity contribution is 0.588. The van der Waals surface area contributed by atoms with Gasteiger partial charge in [0.25, 0.3) is 0 Å². The summed E-state index contributed by atoms with van der Waals surface area (Å²) in [5.41, 5.74) is 7.78. The minimum absolute atomic E-state index is 0.427. The van der Waals surface area contributed by atoms with Crippen molar-refractivity contribution in [3.63, 3.8) is 0 Å². The van der Waals surface area contributed by atoms with Gasteiger partial charge in [0.1, 0.15) is 0 Å². The molecular weight excluding hydrogens is 236 g/mol. The summed E-state index contributed by atoms with van der Waals surface area (Å²) >= 11 is 0. The van der Waals surface area contributed by atoms with Crippen LogP contribution in [0.2, 0.25) is 0 Å². The van der Waals surface area contributed by atoms with Crippen molar-refractivity contribution < 1.29 is 0 Å². The van der Waals surface area contributed by atoms with E-state index >= 15 is 0 Å². The summed E-state index contributed by atoms with van der Waals surface area (Å²) in [7, 11) is 0. The Morgan fingerprint density at radius 2 is 1.89 bits per heavy atom. The first-order valence-corrected chi connectivity index (χ1v) is 7.24. The fourth-order valence-corrected chi connectivity index (χ4v) is 2.01. The molecule has 4 nitrogen and oxygen atoms in total. The fourth-order valence-electron chi connectivity index (χ4n) is 2.01. The summed E-state index contributed by atoms with van der Waals surface area (Å²) in [5, 5.41) is 0. The molecule has 1 aromatic rings. The van der Waals surface area contributed by atoms with Crippen LogP contribution >= 0.6 is 0 Å².